The van der Waals surface area contributed by atoms with E-state index in [1.807, 2.05) is 18.2 Å². The number of hydrogen-bond donors (Lipinski definition) is 8. The molecular formula is C42H52N4O9S2. The summed E-state index contributed by atoms with van der Waals surface area (Å²) in [5.74, 6) is -0.231. The highest BCUT2D eigenvalue weighted by molar-refractivity contribution is 8.76. The topological polar surface area (TPSA) is 226 Å². The fourth-order valence-corrected chi connectivity index (χ4v) is 14.2. The maximum absolute atomic E-state index is 16.0. The monoisotopic (exact) mass is 820 g/mol. The summed E-state index contributed by atoms with van der Waals surface area (Å²) >= 11 is 0. The molecule has 3 aromatic rings. The van der Waals surface area contributed by atoms with Crippen molar-refractivity contribution in [2.24, 2.45) is 21.9 Å². The van der Waals surface area contributed by atoms with Crippen LogP contribution >= 0.6 is 21.6 Å². The highest BCUT2D eigenvalue weighted by Gasteiger charge is 2.66. The molecule has 1 aromatic heterocycles. The predicted molar refractivity (Wildman–Crippen MR) is 220 cm³/mol. The number of benzene rings is 2. The Morgan fingerprint density at radius 3 is 2.40 bits per heavy atom. The number of aliphatic hydroxyl groups is 4. The van der Waals surface area contributed by atoms with Crippen LogP contribution in [0.5, 0.6) is 11.5 Å². The van der Waals surface area contributed by atoms with Gasteiger partial charge in [0.1, 0.15) is 45.5 Å². The SMILES string of the molecule is C[C@]1(O)CCC[C@@H]2c3c(c4c5oc6c(c(=O)c5c3OC3CCCC3)[C@@H](c3ccc(NO)cc3)C=C[C@]6(O)C3(CCCC3)[C@](CO)(N=C(N)N)CSS[C@@H]4CO)O[C@@H]21. The van der Waals surface area contributed by atoms with E-state index in [-0.39, 0.29) is 58.1 Å². The van der Waals surface area contributed by atoms with E-state index >= 15 is 4.79 Å². The average molecular weight is 821 g/mol. The van der Waals surface area contributed by atoms with Crippen LogP contribution in [0.15, 0.2) is 50.6 Å². The molecule has 0 unspecified atom stereocenters. The first-order valence-corrected chi connectivity index (χ1v) is 22.6. The molecule has 1 spiro atoms. The second kappa shape index (κ2) is 14.4. The van der Waals surface area contributed by atoms with Gasteiger partial charge in [0.05, 0.1) is 47.0 Å². The molecule has 0 amide bonds. The maximum atomic E-state index is 16.0. The van der Waals surface area contributed by atoms with Gasteiger partial charge in [0, 0.05) is 28.6 Å². The van der Waals surface area contributed by atoms with Gasteiger partial charge in [-0.25, -0.2) is 4.99 Å². The molecule has 3 fully saturated rings. The van der Waals surface area contributed by atoms with Crippen LogP contribution in [0.1, 0.15) is 123 Å². The number of guanidine groups is 1. The fourth-order valence-electron chi connectivity index (χ4n) is 11.2. The van der Waals surface area contributed by atoms with Gasteiger partial charge in [0.15, 0.2) is 5.96 Å². The van der Waals surface area contributed by atoms with Gasteiger partial charge in [-0.15, -0.1) is 0 Å². The molecule has 57 heavy (non-hydrogen) atoms. The van der Waals surface area contributed by atoms with Gasteiger partial charge < -0.3 is 45.8 Å². The van der Waals surface area contributed by atoms with Gasteiger partial charge in [-0.1, -0.05) is 52.6 Å². The molecule has 3 heterocycles. The van der Waals surface area contributed by atoms with E-state index in [1.54, 1.807) is 25.1 Å². The Morgan fingerprint density at radius 1 is 1.00 bits per heavy atom. The van der Waals surface area contributed by atoms with Crippen molar-refractivity contribution in [1.29, 1.82) is 0 Å². The Hall–Kier alpha value is -3.44. The molecule has 13 nitrogen and oxygen atoms in total. The summed E-state index contributed by atoms with van der Waals surface area (Å²) in [7, 11) is 2.72. The van der Waals surface area contributed by atoms with Crippen molar-refractivity contribution in [3.05, 3.63) is 74.7 Å². The molecule has 306 valence electrons. The minimum atomic E-state index is -2.00. The zero-order chi connectivity index (χ0) is 39.9. The third kappa shape index (κ3) is 5.77. The molecule has 7 atom stereocenters. The van der Waals surface area contributed by atoms with Crippen molar-refractivity contribution in [3.8, 4) is 11.5 Å². The standard InChI is InChI=1S/C42H52N4O9S2/c1-39(50)15-6-9-26-29-33(54-36(26)39)30-27(19-47)57-56-21-41(20-48,45-38(43)44)40(16-4-5-17-40)42(51)18-14-25(22-10-12-23(46-52)13-11-22)28-32(49)31(35(30)55-37(28)42)34(29)53-24-7-2-3-8-24/h10-14,18,24-27,36,46-48,50-52H,2-9,15-17,19-21H2,1H3,(H4,43,44,45)/t25-,26-,27-,36+,39+,41-,42-/m1/s1. The molecule has 10 N–H and O–H groups in total. The normalized spacial score (nSPS) is 32.8. The van der Waals surface area contributed by atoms with E-state index < -0.39 is 46.0 Å². The third-order valence-electron chi connectivity index (χ3n) is 14.0. The lowest BCUT2D eigenvalue weighted by atomic mass is 9.56. The predicted octanol–water partition coefficient (Wildman–Crippen LogP) is 5.58. The molecule has 9 rings (SSSR count). The van der Waals surface area contributed by atoms with Crippen molar-refractivity contribution in [2.75, 3.05) is 24.4 Å². The van der Waals surface area contributed by atoms with E-state index in [2.05, 4.69) is 5.48 Å². The number of nitrogens with one attached hydrogen (secondary N) is 1. The van der Waals surface area contributed by atoms with E-state index in [4.69, 9.17) is 30.4 Å². The van der Waals surface area contributed by atoms with Crippen LogP contribution in [0.4, 0.5) is 5.69 Å². The number of anilines is 1. The zero-order valence-electron chi connectivity index (χ0n) is 32.0. The van der Waals surface area contributed by atoms with Crippen molar-refractivity contribution < 1.29 is 39.5 Å². The van der Waals surface area contributed by atoms with Crippen LogP contribution in [0, 0.1) is 5.41 Å². The largest absolute Gasteiger partial charge is 0.489 e. The number of ether oxygens (including phenoxy) is 2. The number of fused-ring (bicyclic) bond motifs is 5. The summed E-state index contributed by atoms with van der Waals surface area (Å²) in [5, 5.41) is 57.4. The van der Waals surface area contributed by atoms with E-state index in [0.717, 1.165) is 37.7 Å². The van der Waals surface area contributed by atoms with Crippen LogP contribution < -0.4 is 31.8 Å². The van der Waals surface area contributed by atoms with E-state index in [9.17, 15) is 25.6 Å². The molecule has 2 aromatic carbocycles. The van der Waals surface area contributed by atoms with Gasteiger partial charge in [-0.3, -0.25) is 15.5 Å². The Kier molecular flexibility index (Phi) is 9.85. The summed E-state index contributed by atoms with van der Waals surface area (Å²) in [4.78, 5) is 20.8. The smallest absolute Gasteiger partial charge is 0.201 e. The lowest BCUT2D eigenvalue weighted by Gasteiger charge is -2.54. The van der Waals surface area contributed by atoms with Crippen LogP contribution in [-0.4, -0.2) is 73.9 Å². The molecular weight excluding hydrogens is 769 g/mol. The van der Waals surface area contributed by atoms with Gasteiger partial charge in [0.2, 0.25) is 5.43 Å². The van der Waals surface area contributed by atoms with Gasteiger partial charge in [-0.2, -0.15) is 0 Å². The first-order valence-electron chi connectivity index (χ1n) is 20.2. The molecule has 0 radical (unpaired) electrons. The first-order chi connectivity index (χ1) is 27.4. The molecule has 2 bridgehead atoms. The Balaban J connectivity index is 1.43. The maximum Gasteiger partial charge on any atom is 0.201 e. The van der Waals surface area contributed by atoms with Gasteiger partial charge >= 0.3 is 0 Å². The van der Waals surface area contributed by atoms with Crippen molar-refractivity contribution in [3.63, 3.8) is 0 Å². The second-order valence-electron chi connectivity index (χ2n) is 17.2. The van der Waals surface area contributed by atoms with E-state index in [0.29, 0.717) is 66.8 Å². The number of aliphatic imine (C=N–C) groups is 1. The number of nitrogens with two attached hydrogens (primary N) is 2. The van der Waals surface area contributed by atoms with Crippen molar-refractivity contribution in [2.45, 2.75) is 124 Å². The summed E-state index contributed by atoms with van der Waals surface area (Å²) in [5.41, 5.74) is 11.0. The van der Waals surface area contributed by atoms with Crippen LogP contribution in [0.3, 0.4) is 0 Å². The van der Waals surface area contributed by atoms with Crippen LogP contribution in [-0.2, 0) is 5.60 Å². The highest BCUT2D eigenvalue weighted by atomic mass is 33.1. The van der Waals surface area contributed by atoms with Crippen LogP contribution in [0.2, 0.25) is 0 Å². The lowest BCUT2D eigenvalue weighted by molar-refractivity contribution is -0.114. The molecule has 0 saturated heterocycles. The average Bonchev–Trinajstić information content (AvgIpc) is 3.99. The quantitative estimate of drug-likeness (QED) is 0.0479. The lowest BCUT2D eigenvalue weighted by Crippen LogP contribution is -2.62. The first kappa shape index (κ1) is 39.0. The summed E-state index contributed by atoms with van der Waals surface area (Å²) in [6, 6.07) is 7.03. The molecule has 2 aliphatic heterocycles. The molecule has 6 aliphatic rings. The fraction of sp³-hybridized carbons (Fsp3) is 0.571. The number of hydrogen-bond acceptors (Lipinski definition) is 13. The van der Waals surface area contributed by atoms with Crippen LogP contribution in [0.25, 0.3) is 11.0 Å². The summed E-state index contributed by atoms with van der Waals surface area (Å²) in [6.45, 7) is 0.913. The summed E-state index contributed by atoms with van der Waals surface area (Å²) < 4.78 is 21.1. The highest BCUT2D eigenvalue weighted by Crippen LogP contribution is 2.65. The second-order valence-corrected chi connectivity index (χ2v) is 19.7. The molecule has 3 saturated carbocycles. The van der Waals surface area contributed by atoms with E-state index in [1.165, 1.54) is 21.6 Å². The minimum Gasteiger partial charge on any atom is -0.489 e. The third-order valence-corrected chi connectivity index (χ3v) is 16.8. The Labute approximate surface area is 338 Å². The number of aliphatic hydroxyl groups excluding tert-OH is 2. The van der Waals surface area contributed by atoms with Crippen molar-refractivity contribution in [1.82, 2.24) is 0 Å². The van der Waals surface area contributed by atoms with Gasteiger partial charge in [-0.05, 0) is 88.5 Å². The molecule has 4 aliphatic carbocycles. The number of rotatable bonds is 7. The summed E-state index contributed by atoms with van der Waals surface area (Å²) in [6.07, 6.45) is 10.6. The minimum absolute atomic E-state index is 0.0198. The van der Waals surface area contributed by atoms with Crippen molar-refractivity contribution >= 4 is 44.2 Å². The number of allylic oxidation sites excluding steroid dienone is 1. The Morgan fingerprint density at radius 2 is 1.74 bits per heavy atom. The Bertz CT molecular complexity index is 2180. The molecule has 15 heteroatoms. The number of nitrogens with zero attached hydrogens (tertiary/aromatic N) is 1. The zero-order valence-corrected chi connectivity index (χ0v) is 33.7. The van der Waals surface area contributed by atoms with Gasteiger partial charge in [0.25, 0.3) is 0 Å².